The van der Waals surface area contributed by atoms with E-state index in [-0.39, 0.29) is 11.8 Å². The van der Waals surface area contributed by atoms with Crippen molar-refractivity contribution in [2.45, 2.75) is 85.0 Å². The van der Waals surface area contributed by atoms with E-state index >= 15 is 0 Å². The Balaban J connectivity index is 2.91. The quantitative estimate of drug-likeness (QED) is 0.409. The second kappa shape index (κ2) is 13.7. The lowest BCUT2D eigenvalue weighted by molar-refractivity contribution is -0.145. The van der Waals surface area contributed by atoms with Gasteiger partial charge in [-0.25, -0.2) is 9.59 Å². The molecule has 9 nitrogen and oxygen atoms in total. The average molecular weight is 492 g/mol. The number of nitrogens with one attached hydrogen (secondary N) is 3. The molecule has 0 fully saturated rings. The van der Waals surface area contributed by atoms with Gasteiger partial charge in [-0.2, -0.15) is 0 Å². The van der Waals surface area contributed by atoms with Crippen molar-refractivity contribution in [2.75, 3.05) is 7.11 Å². The normalized spacial score (nSPS) is 14.0. The number of alkyl carbamates (subject to hydrolysis) is 1. The van der Waals surface area contributed by atoms with Gasteiger partial charge in [0.2, 0.25) is 11.8 Å². The molecule has 0 unspecified atom stereocenters. The fraction of sp³-hybridized carbons (Fsp3) is 0.615. The van der Waals surface area contributed by atoms with Crippen molar-refractivity contribution in [2.24, 2.45) is 11.8 Å². The van der Waals surface area contributed by atoms with Gasteiger partial charge in [-0.05, 0) is 51.0 Å². The molecule has 0 aliphatic heterocycles. The van der Waals surface area contributed by atoms with Crippen molar-refractivity contribution in [1.82, 2.24) is 16.0 Å². The summed E-state index contributed by atoms with van der Waals surface area (Å²) in [6.45, 7) is 12.3. The summed E-state index contributed by atoms with van der Waals surface area (Å²) in [7, 11) is 1.27. The molecule has 0 heterocycles. The van der Waals surface area contributed by atoms with Crippen LogP contribution in [0, 0.1) is 11.8 Å². The molecule has 9 heteroatoms. The summed E-state index contributed by atoms with van der Waals surface area (Å²) >= 11 is 0. The summed E-state index contributed by atoms with van der Waals surface area (Å²) in [6.07, 6.45) is 0.189. The van der Waals surface area contributed by atoms with Gasteiger partial charge in [-0.1, -0.05) is 58.0 Å². The number of esters is 1. The fourth-order valence-electron chi connectivity index (χ4n) is 3.36. The number of methoxy groups -OCH3 is 1. The van der Waals surface area contributed by atoms with Crippen LogP contribution in [0.15, 0.2) is 30.3 Å². The molecule has 0 radical (unpaired) electrons. The van der Waals surface area contributed by atoms with Gasteiger partial charge in [0.05, 0.1) is 7.11 Å². The Kier molecular flexibility index (Phi) is 11.7. The van der Waals surface area contributed by atoms with Crippen LogP contribution in [-0.2, 0) is 30.3 Å². The Hall–Kier alpha value is -3.10. The topological polar surface area (TPSA) is 123 Å². The number of carbonyl (C=O) groups is 4. The van der Waals surface area contributed by atoms with Crippen LogP contribution >= 0.6 is 0 Å². The molecule has 1 rings (SSSR count). The van der Waals surface area contributed by atoms with Crippen LogP contribution in [0.4, 0.5) is 4.79 Å². The SMILES string of the molecule is COC(=O)[C@H](CCc1ccccc1)NC(=O)[C@@H](NC(=O)[C@@H](NC(=O)OC(C)(C)C)C(C)C)C(C)C. The number of benzene rings is 1. The van der Waals surface area contributed by atoms with Crippen LogP contribution in [0.5, 0.6) is 0 Å². The molecule has 35 heavy (non-hydrogen) atoms. The summed E-state index contributed by atoms with van der Waals surface area (Å²) in [6, 6.07) is 6.90. The second-order valence-electron chi connectivity index (χ2n) is 10.2. The van der Waals surface area contributed by atoms with Crippen molar-refractivity contribution < 1.29 is 28.7 Å². The molecule has 0 saturated carbocycles. The zero-order chi connectivity index (χ0) is 26.8. The molecule has 0 aliphatic rings. The first-order valence-electron chi connectivity index (χ1n) is 12.0. The lowest BCUT2D eigenvalue weighted by Crippen LogP contribution is -2.58. The van der Waals surface area contributed by atoms with Gasteiger partial charge in [-0.15, -0.1) is 0 Å². The molecule has 0 aromatic heterocycles. The van der Waals surface area contributed by atoms with Gasteiger partial charge in [0.15, 0.2) is 0 Å². The maximum atomic E-state index is 13.1. The highest BCUT2D eigenvalue weighted by Gasteiger charge is 2.33. The highest BCUT2D eigenvalue weighted by atomic mass is 16.6. The first kappa shape index (κ1) is 29.9. The predicted octanol–water partition coefficient (Wildman–Crippen LogP) is 2.97. The van der Waals surface area contributed by atoms with Gasteiger partial charge in [0.25, 0.3) is 0 Å². The summed E-state index contributed by atoms with van der Waals surface area (Å²) in [4.78, 5) is 50.7. The number of hydrogen-bond acceptors (Lipinski definition) is 6. The van der Waals surface area contributed by atoms with E-state index in [0.29, 0.717) is 12.8 Å². The van der Waals surface area contributed by atoms with Crippen molar-refractivity contribution in [3.8, 4) is 0 Å². The number of ether oxygens (including phenoxy) is 2. The molecule has 196 valence electrons. The number of amides is 3. The lowest BCUT2D eigenvalue weighted by Gasteiger charge is -2.29. The Morgan fingerprint density at radius 2 is 1.34 bits per heavy atom. The molecule has 1 aromatic rings. The van der Waals surface area contributed by atoms with E-state index < -0.39 is 47.6 Å². The van der Waals surface area contributed by atoms with Crippen LogP contribution in [0.1, 0.15) is 60.5 Å². The average Bonchev–Trinajstić information content (AvgIpc) is 2.76. The standard InChI is InChI=1S/C26H41N3O6/c1-16(2)20(28-23(31)21(17(3)4)29-25(33)35-26(5,6)7)22(30)27-19(24(32)34-8)15-14-18-12-10-9-11-13-18/h9-13,16-17,19-21H,14-15H2,1-8H3,(H,27,30)(H,28,31)(H,29,33)/t19-,20-,21-/m0/s1. The number of rotatable bonds is 11. The summed E-state index contributed by atoms with van der Waals surface area (Å²) in [5.74, 6) is -2.11. The summed E-state index contributed by atoms with van der Waals surface area (Å²) in [5.41, 5.74) is 0.308. The molecule has 3 N–H and O–H groups in total. The van der Waals surface area contributed by atoms with Crippen LogP contribution in [0.25, 0.3) is 0 Å². The van der Waals surface area contributed by atoms with Crippen molar-refractivity contribution in [3.05, 3.63) is 35.9 Å². The van der Waals surface area contributed by atoms with E-state index in [1.54, 1.807) is 48.5 Å². The van der Waals surface area contributed by atoms with Crippen LogP contribution in [-0.4, -0.2) is 54.7 Å². The minimum atomic E-state index is -0.923. The summed E-state index contributed by atoms with van der Waals surface area (Å²) in [5, 5.41) is 8.04. The Morgan fingerprint density at radius 1 is 0.829 bits per heavy atom. The van der Waals surface area contributed by atoms with Gasteiger partial charge in [0, 0.05) is 0 Å². The maximum Gasteiger partial charge on any atom is 0.408 e. The number of hydrogen-bond donors (Lipinski definition) is 3. The van der Waals surface area contributed by atoms with E-state index in [1.807, 2.05) is 30.3 Å². The van der Waals surface area contributed by atoms with Crippen LogP contribution in [0.2, 0.25) is 0 Å². The zero-order valence-corrected chi connectivity index (χ0v) is 22.1. The molecule has 0 saturated heterocycles. The van der Waals surface area contributed by atoms with E-state index in [9.17, 15) is 19.2 Å². The predicted molar refractivity (Wildman–Crippen MR) is 133 cm³/mol. The van der Waals surface area contributed by atoms with E-state index in [4.69, 9.17) is 9.47 Å². The molecule has 0 bridgehead atoms. The Bertz CT molecular complexity index is 848. The smallest absolute Gasteiger partial charge is 0.408 e. The van der Waals surface area contributed by atoms with Crippen molar-refractivity contribution in [1.29, 1.82) is 0 Å². The van der Waals surface area contributed by atoms with Crippen LogP contribution < -0.4 is 16.0 Å². The van der Waals surface area contributed by atoms with Gasteiger partial charge in [0.1, 0.15) is 23.7 Å². The third-order valence-corrected chi connectivity index (χ3v) is 5.23. The number of aryl methyl sites for hydroxylation is 1. The molecule has 3 amide bonds. The maximum absolute atomic E-state index is 13.1. The Labute approximate surface area is 208 Å². The molecule has 1 aromatic carbocycles. The molecular formula is C26H41N3O6. The molecular weight excluding hydrogens is 450 g/mol. The zero-order valence-electron chi connectivity index (χ0n) is 22.1. The van der Waals surface area contributed by atoms with E-state index in [2.05, 4.69) is 16.0 Å². The summed E-state index contributed by atoms with van der Waals surface area (Å²) < 4.78 is 10.1. The fourth-order valence-corrected chi connectivity index (χ4v) is 3.36. The first-order valence-corrected chi connectivity index (χ1v) is 12.0. The first-order chi connectivity index (χ1) is 16.2. The van der Waals surface area contributed by atoms with Gasteiger partial charge < -0.3 is 25.4 Å². The molecule has 3 atom stereocenters. The molecule has 0 spiro atoms. The lowest BCUT2D eigenvalue weighted by atomic mass is 9.99. The van der Waals surface area contributed by atoms with Crippen molar-refractivity contribution >= 4 is 23.9 Å². The van der Waals surface area contributed by atoms with E-state index in [1.165, 1.54) is 7.11 Å². The van der Waals surface area contributed by atoms with Crippen LogP contribution in [0.3, 0.4) is 0 Å². The largest absolute Gasteiger partial charge is 0.467 e. The van der Waals surface area contributed by atoms with Gasteiger partial charge >= 0.3 is 12.1 Å². The van der Waals surface area contributed by atoms with Gasteiger partial charge in [-0.3, -0.25) is 9.59 Å². The monoisotopic (exact) mass is 491 g/mol. The highest BCUT2D eigenvalue weighted by molar-refractivity contribution is 5.93. The minimum Gasteiger partial charge on any atom is -0.467 e. The second-order valence-corrected chi connectivity index (χ2v) is 10.2. The molecule has 0 aliphatic carbocycles. The van der Waals surface area contributed by atoms with Crippen molar-refractivity contribution in [3.63, 3.8) is 0 Å². The number of carbonyl (C=O) groups excluding carboxylic acids is 4. The van der Waals surface area contributed by atoms with E-state index in [0.717, 1.165) is 5.56 Å². The third-order valence-electron chi connectivity index (χ3n) is 5.23. The highest BCUT2D eigenvalue weighted by Crippen LogP contribution is 2.11. The Morgan fingerprint density at radius 3 is 1.83 bits per heavy atom. The third kappa shape index (κ3) is 10.8. The minimum absolute atomic E-state index is 0.257.